The quantitative estimate of drug-likeness (QED) is 0.513. The molecule has 11 heteroatoms. The van der Waals surface area contributed by atoms with Crippen LogP contribution in [0.1, 0.15) is 46.8 Å². The molecule has 1 fully saturated rings. The fourth-order valence-electron chi connectivity index (χ4n) is 3.41. The Morgan fingerprint density at radius 1 is 1.34 bits per heavy atom. The molecule has 2 atom stereocenters. The lowest BCUT2D eigenvalue weighted by Crippen LogP contribution is -2.49. The first-order chi connectivity index (χ1) is 15.3. The van der Waals surface area contributed by atoms with Crippen molar-refractivity contribution in [3.63, 3.8) is 0 Å². The Hall–Kier alpha value is -3.18. The van der Waals surface area contributed by atoms with Gasteiger partial charge in [-0.1, -0.05) is 0 Å². The van der Waals surface area contributed by atoms with Gasteiger partial charge in [-0.2, -0.15) is 4.37 Å². The SMILES string of the molecule is CCOc1ccc(N(C(=O)c2snc(C(N)=O)c2N)[C@@H](C)C(=O)NC[C@H]2CCCO2)cc1. The Labute approximate surface area is 190 Å². The maximum absolute atomic E-state index is 13.4. The standard InChI is InChI=1S/C21H27N5O5S/c1-3-30-14-8-6-13(7-9-14)26(12(2)20(28)24-11-15-5-4-10-31-15)21(29)18-16(22)17(19(23)27)25-32-18/h6-9,12,15H,3-5,10-11,22H2,1-2H3,(H2,23,27)(H,24,28)/t12-,15+/m0/s1. The molecule has 0 bridgehead atoms. The highest BCUT2D eigenvalue weighted by atomic mass is 32.1. The highest BCUT2D eigenvalue weighted by Gasteiger charge is 2.32. The van der Waals surface area contributed by atoms with Gasteiger partial charge in [0.1, 0.15) is 16.7 Å². The van der Waals surface area contributed by atoms with Gasteiger partial charge in [-0.05, 0) is 62.5 Å². The Morgan fingerprint density at radius 3 is 2.62 bits per heavy atom. The van der Waals surface area contributed by atoms with Gasteiger partial charge in [0.25, 0.3) is 11.8 Å². The molecule has 1 aliphatic rings. The van der Waals surface area contributed by atoms with Gasteiger partial charge in [-0.15, -0.1) is 0 Å². The molecule has 32 heavy (non-hydrogen) atoms. The van der Waals surface area contributed by atoms with Gasteiger partial charge in [0.15, 0.2) is 5.69 Å². The summed E-state index contributed by atoms with van der Waals surface area (Å²) < 4.78 is 14.9. The second kappa shape index (κ2) is 10.4. The average Bonchev–Trinajstić information content (AvgIpc) is 3.43. The summed E-state index contributed by atoms with van der Waals surface area (Å²) in [6.07, 6.45) is 1.81. The number of benzene rings is 1. The van der Waals surface area contributed by atoms with E-state index in [-0.39, 0.29) is 28.3 Å². The monoisotopic (exact) mass is 461 g/mol. The molecule has 2 heterocycles. The van der Waals surface area contributed by atoms with E-state index < -0.39 is 17.9 Å². The predicted molar refractivity (Wildman–Crippen MR) is 121 cm³/mol. The van der Waals surface area contributed by atoms with E-state index in [1.165, 1.54) is 4.90 Å². The highest BCUT2D eigenvalue weighted by Crippen LogP contribution is 2.28. The van der Waals surface area contributed by atoms with E-state index in [1.54, 1.807) is 31.2 Å². The van der Waals surface area contributed by atoms with Crippen LogP contribution in [0.2, 0.25) is 0 Å². The van der Waals surface area contributed by atoms with Gasteiger partial charge in [0.05, 0.1) is 18.4 Å². The lowest BCUT2D eigenvalue weighted by molar-refractivity contribution is -0.122. The molecule has 3 amide bonds. The smallest absolute Gasteiger partial charge is 0.272 e. The molecule has 5 N–H and O–H groups in total. The summed E-state index contributed by atoms with van der Waals surface area (Å²) in [6, 6.07) is 5.90. The van der Waals surface area contributed by atoms with Gasteiger partial charge < -0.3 is 26.3 Å². The molecule has 0 radical (unpaired) electrons. The fraction of sp³-hybridized carbons (Fsp3) is 0.429. The molecule has 172 valence electrons. The molecule has 0 spiro atoms. The minimum atomic E-state index is -0.875. The van der Waals surface area contributed by atoms with Crippen LogP contribution in [0.5, 0.6) is 5.75 Å². The van der Waals surface area contributed by atoms with Crippen LogP contribution in [-0.2, 0) is 9.53 Å². The molecule has 10 nitrogen and oxygen atoms in total. The van der Waals surface area contributed by atoms with E-state index in [1.807, 2.05) is 6.92 Å². The van der Waals surface area contributed by atoms with Gasteiger partial charge in [0, 0.05) is 18.8 Å². The predicted octanol–water partition coefficient (Wildman–Crippen LogP) is 1.55. The highest BCUT2D eigenvalue weighted by molar-refractivity contribution is 7.09. The number of nitrogen functional groups attached to an aromatic ring is 1. The third-order valence-corrected chi connectivity index (χ3v) is 5.95. The van der Waals surface area contributed by atoms with Gasteiger partial charge in [-0.3, -0.25) is 19.3 Å². The van der Waals surface area contributed by atoms with Crippen molar-refractivity contribution in [1.82, 2.24) is 9.69 Å². The minimum Gasteiger partial charge on any atom is -0.494 e. The molecule has 0 saturated carbocycles. The number of nitrogens with one attached hydrogen (secondary N) is 1. The van der Waals surface area contributed by atoms with Crippen molar-refractivity contribution in [2.75, 3.05) is 30.4 Å². The summed E-state index contributed by atoms with van der Waals surface area (Å²) >= 11 is 0.766. The summed E-state index contributed by atoms with van der Waals surface area (Å²) in [7, 11) is 0. The number of primary amides is 1. The largest absolute Gasteiger partial charge is 0.494 e. The molecule has 0 aliphatic carbocycles. The molecule has 1 aliphatic heterocycles. The summed E-state index contributed by atoms with van der Waals surface area (Å²) in [5, 5.41) is 2.85. The number of anilines is 2. The summed E-state index contributed by atoms with van der Waals surface area (Å²) in [5.41, 5.74) is 11.4. The van der Waals surface area contributed by atoms with Crippen LogP contribution in [0.25, 0.3) is 0 Å². The van der Waals surface area contributed by atoms with Crippen molar-refractivity contribution in [3.8, 4) is 5.75 Å². The Morgan fingerprint density at radius 2 is 2.06 bits per heavy atom. The lowest BCUT2D eigenvalue weighted by atomic mass is 10.1. The zero-order chi connectivity index (χ0) is 23.3. The van der Waals surface area contributed by atoms with Crippen molar-refractivity contribution in [3.05, 3.63) is 34.8 Å². The normalized spacial score (nSPS) is 16.4. The first-order valence-corrected chi connectivity index (χ1v) is 11.1. The second-order valence-corrected chi connectivity index (χ2v) is 8.07. The molecule has 0 unspecified atom stereocenters. The van der Waals surface area contributed by atoms with Crippen molar-refractivity contribution in [2.24, 2.45) is 5.73 Å². The average molecular weight is 462 g/mol. The maximum atomic E-state index is 13.4. The van der Waals surface area contributed by atoms with Crippen molar-refractivity contribution < 1.29 is 23.9 Å². The van der Waals surface area contributed by atoms with Crippen LogP contribution in [0.15, 0.2) is 24.3 Å². The van der Waals surface area contributed by atoms with E-state index in [0.29, 0.717) is 31.2 Å². The third-order valence-electron chi connectivity index (χ3n) is 5.09. The third kappa shape index (κ3) is 5.17. The zero-order valence-electron chi connectivity index (χ0n) is 18.0. The van der Waals surface area contributed by atoms with Crippen LogP contribution in [0.3, 0.4) is 0 Å². The second-order valence-electron chi connectivity index (χ2n) is 7.30. The van der Waals surface area contributed by atoms with Crippen molar-refractivity contribution in [2.45, 2.75) is 38.8 Å². The van der Waals surface area contributed by atoms with E-state index >= 15 is 0 Å². The number of amides is 3. The van der Waals surface area contributed by atoms with Gasteiger partial charge in [0.2, 0.25) is 5.91 Å². The van der Waals surface area contributed by atoms with Gasteiger partial charge in [-0.25, -0.2) is 0 Å². The van der Waals surface area contributed by atoms with Crippen LogP contribution in [-0.4, -0.2) is 54.0 Å². The molecular weight excluding hydrogens is 434 g/mol. The van der Waals surface area contributed by atoms with Crippen LogP contribution < -0.4 is 26.4 Å². The summed E-state index contributed by atoms with van der Waals surface area (Å²) in [5.74, 6) is -1.10. The maximum Gasteiger partial charge on any atom is 0.272 e. The number of carbonyl (C=O) groups is 3. The number of rotatable bonds is 9. The number of ether oxygens (including phenoxy) is 2. The topological polar surface area (TPSA) is 150 Å². The first-order valence-electron chi connectivity index (χ1n) is 10.3. The number of carbonyl (C=O) groups excluding carboxylic acids is 3. The van der Waals surface area contributed by atoms with E-state index in [2.05, 4.69) is 9.69 Å². The van der Waals surface area contributed by atoms with E-state index in [4.69, 9.17) is 20.9 Å². The molecule has 2 aromatic rings. The number of nitrogens with two attached hydrogens (primary N) is 2. The number of nitrogens with zero attached hydrogens (tertiary/aromatic N) is 2. The molecule has 1 aromatic heterocycles. The Bertz CT molecular complexity index is 971. The Kier molecular flexibility index (Phi) is 7.65. The van der Waals surface area contributed by atoms with Crippen LogP contribution >= 0.6 is 11.5 Å². The van der Waals surface area contributed by atoms with Crippen molar-refractivity contribution >= 4 is 40.6 Å². The zero-order valence-corrected chi connectivity index (χ0v) is 18.8. The fourth-order valence-corrected chi connectivity index (χ4v) is 4.15. The minimum absolute atomic E-state index is 0.0314. The first kappa shape index (κ1) is 23.5. The number of hydrogen-bond donors (Lipinski definition) is 3. The van der Waals surface area contributed by atoms with Crippen LogP contribution in [0.4, 0.5) is 11.4 Å². The van der Waals surface area contributed by atoms with Crippen molar-refractivity contribution in [1.29, 1.82) is 0 Å². The van der Waals surface area contributed by atoms with Crippen LogP contribution in [0, 0.1) is 0 Å². The van der Waals surface area contributed by atoms with Gasteiger partial charge >= 0.3 is 0 Å². The lowest BCUT2D eigenvalue weighted by Gasteiger charge is -2.28. The summed E-state index contributed by atoms with van der Waals surface area (Å²) in [4.78, 5) is 39.2. The number of hydrogen-bond acceptors (Lipinski definition) is 8. The number of aromatic nitrogens is 1. The molecule has 1 aromatic carbocycles. The molecule has 3 rings (SSSR count). The Balaban J connectivity index is 1.88. The van der Waals surface area contributed by atoms with E-state index in [0.717, 1.165) is 24.4 Å². The molecular formula is C21H27N5O5S. The molecule has 1 saturated heterocycles. The van der Waals surface area contributed by atoms with E-state index in [9.17, 15) is 14.4 Å². The summed E-state index contributed by atoms with van der Waals surface area (Å²) in [6.45, 7) is 5.03.